The van der Waals surface area contributed by atoms with Crippen LogP contribution in [0.5, 0.6) is 5.75 Å². The third-order valence-electron chi connectivity index (χ3n) is 3.86. The molecular formula is C16H22N2O3. The van der Waals surface area contributed by atoms with Gasteiger partial charge < -0.3 is 15.4 Å². The number of likely N-dealkylation sites (tertiary alicyclic amines) is 1. The van der Waals surface area contributed by atoms with Crippen molar-refractivity contribution in [2.75, 3.05) is 13.2 Å². The molecule has 1 aromatic carbocycles. The topological polar surface area (TPSA) is 72.6 Å². The molecule has 21 heavy (non-hydrogen) atoms. The first-order chi connectivity index (χ1) is 10.0. The van der Waals surface area contributed by atoms with Gasteiger partial charge in [0.2, 0.25) is 11.8 Å². The molecule has 0 bridgehead atoms. The third kappa shape index (κ3) is 3.54. The second-order valence-corrected chi connectivity index (χ2v) is 5.44. The van der Waals surface area contributed by atoms with Gasteiger partial charge in [0.25, 0.3) is 0 Å². The molecule has 2 amide bonds. The van der Waals surface area contributed by atoms with Gasteiger partial charge in [-0.25, -0.2) is 0 Å². The lowest BCUT2D eigenvalue weighted by molar-refractivity contribution is -0.130. The number of nitrogens with zero attached hydrogens (tertiary/aromatic N) is 1. The number of benzene rings is 1. The summed E-state index contributed by atoms with van der Waals surface area (Å²) in [6.07, 6.45) is 1.19. The van der Waals surface area contributed by atoms with Crippen molar-refractivity contribution < 1.29 is 14.3 Å². The number of carbonyl (C=O) groups is 2. The fourth-order valence-electron chi connectivity index (χ4n) is 2.54. The third-order valence-corrected chi connectivity index (χ3v) is 3.86. The zero-order valence-corrected chi connectivity index (χ0v) is 12.5. The molecule has 114 valence electrons. The van der Waals surface area contributed by atoms with Crippen LogP contribution in [0.1, 0.15) is 38.3 Å². The van der Waals surface area contributed by atoms with Crippen molar-refractivity contribution in [1.29, 1.82) is 0 Å². The van der Waals surface area contributed by atoms with Gasteiger partial charge in [-0.3, -0.25) is 9.59 Å². The van der Waals surface area contributed by atoms with Crippen LogP contribution in [0.2, 0.25) is 0 Å². The van der Waals surface area contributed by atoms with E-state index in [1.54, 1.807) is 4.90 Å². The molecule has 0 aromatic heterocycles. The average Bonchev–Trinajstić information content (AvgIpc) is 2.87. The summed E-state index contributed by atoms with van der Waals surface area (Å²) in [7, 11) is 0. The fourth-order valence-corrected chi connectivity index (χ4v) is 2.54. The maximum atomic E-state index is 12.0. The Labute approximate surface area is 125 Å². The molecule has 5 heteroatoms. The van der Waals surface area contributed by atoms with E-state index in [1.807, 2.05) is 31.2 Å². The van der Waals surface area contributed by atoms with Crippen LogP contribution < -0.4 is 10.5 Å². The second kappa shape index (κ2) is 6.61. The lowest BCUT2D eigenvalue weighted by atomic mass is 10.1. The van der Waals surface area contributed by atoms with E-state index >= 15 is 0 Å². The lowest BCUT2D eigenvalue weighted by Gasteiger charge is -2.25. The predicted molar refractivity (Wildman–Crippen MR) is 79.7 cm³/mol. The van der Waals surface area contributed by atoms with Crippen LogP contribution in [0.25, 0.3) is 0 Å². The van der Waals surface area contributed by atoms with Crippen LogP contribution in [0.15, 0.2) is 24.3 Å². The normalized spacial score (nSPS) is 19.6. The Bertz CT molecular complexity index is 513. The largest absolute Gasteiger partial charge is 0.494 e. The van der Waals surface area contributed by atoms with E-state index in [-0.39, 0.29) is 24.3 Å². The Hall–Kier alpha value is -2.04. The minimum atomic E-state index is -0.402. The van der Waals surface area contributed by atoms with Gasteiger partial charge in [-0.1, -0.05) is 19.1 Å². The van der Waals surface area contributed by atoms with Gasteiger partial charge in [0, 0.05) is 13.0 Å². The monoisotopic (exact) mass is 290 g/mol. The minimum Gasteiger partial charge on any atom is -0.494 e. The number of hydrogen-bond acceptors (Lipinski definition) is 3. The first kappa shape index (κ1) is 15.4. The van der Waals surface area contributed by atoms with E-state index in [0.717, 1.165) is 17.7 Å². The summed E-state index contributed by atoms with van der Waals surface area (Å²) >= 11 is 0. The number of carbonyl (C=O) groups excluding carboxylic acids is 2. The van der Waals surface area contributed by atoms with Gasteiger partial charge in [-0.15, -0.1) is 0 Å². The number of rotatable bonds is 6. The number of primary amides is 1. The van der Waals surface area contributed by atoms with Gasteiger partial charge in [0.15, 0.2) is 0 Å². The molecule has 1 aliphatic heterocycles. The van der Waals surface area contributed by atoms with Crippen molar-refractivity contribution in [2.45, 2.75) is 32.7 Å². The van der Waals surface area contributed by atoms with Gasteiger partial charge in [-0.2, -0.15) is 0 Å². The lowest BCUT2D eigenvalue weighted by Crippen LogP contribution is -2.30. The molecule has 2 N–H and O–H groups in total. The van der Waals surface area contributed by atoms with Crippen LogP contribution in [0.3, 0.4) is 0 Å². The van der Waals surface area contributed by atoms with Gasteiger partial charge in [0.05, 0.1) is 18.6 Å². The number of ether oxygens (including phenoxy) is 1. The summed E-state index contributed by atoms with van der Waals surface area (Å²) in [5.41, 5.74) is 6.32. The van der Waals surface area contributed by atoms with Crippen molar-refractivity contribution in [1.82, 2.24) is 4.90 Å². The van der Waals surface area contributed by atoms with Crippen LogP contribution in [-0.4, -0.2) is 29.9 Å². The van der Waals surface area contributed by atoms with Gasteiger partial charge >= 0.3 is 0 Å². The van der Waals surface area contributed by atoms with Gasteiger partial charge in [-0.05, 0) is 31.0 Å². The first-order valence-corrected chi connectivity index (χ1v) is 7.34. The first-order valence-electron chi connectivity index (χ1n) is 7.34. The zero-order chi connectivity index (χ0) is 15.4. The smallest absolute Gasteiger partial charge is 0.223 e. The van der Waals surface area contributed by atoms with Crippen molar-refractivity contribution in [3.8, 4) is 5.75 Å². The molecule has 0 saturated carbocycles. The Morgan fingerprint density at radius 3 is 2.62 bits per heavy atom. The van der Waals surface area contributed by atoms with E-state index in [2.05, 4.69) is 6.92 Å². The molecule has 1 aliphatic rings. The summed E-state index contributed by atoms with van der Waals surface area (Å²) in [4.78, 5) is 24.9. The Kier molecular flexibility index (Phi) is 4.83. The predicted octanol–water partition coefficient (Wildman–Crippen LogP) is 1.87. The number of nitrogens with two attached hydrogens (primary N) is 1. The SMILES string of the molecule is CCCOc1ccc(C(C)N2CC(C(N)=O)CC2=O)cc1. The maximum absolute atomic E-state index is 12.0. The molecule has 2 unspecified atom stereocenters. The highest BCUT2D eigenvalue weighted by atomic mass is 16.5. The van der Waals surface area contributed by atoms with E-state index in [0.29, 0.717) is 13.2 Å². The zero-order valence-electron chi connectivity index (χ0n) is 12.5. The van der Waals surface area contributed by atoms with E-state index in [9.17, 15) is 9.59 Å². The Balaban J connectivity index is 2.04. The molecule has 0 spiro atoms. The molecule has 1 aromatic rings. The van der Waals surface area contributed by atoms with Crippen LogP contribution >= 0.6 is 0 Å². The molecule has 2 rings (SSSR count). The summed E-state index contributed by atoms with van der Waals surface area (Å²) in [6.45, 7) is 5.12. The maximum Gasteiger partial charge on any atom is 0.223 e. The van der Waals surface area contributed by atoms with E-state index in [1.165, 1.54) is 0 Å². The minimum absolute atomic E-state index is 0.0161. The van der Waals surface area contributed by atoms with Crippen LogP contribution in [-0.2, 0) is 9.59 Å². The molecule has 1 saturated heterocycles. The summed E-state index contributed by atoms with van der Waals surface area (Å²) in [5.74, 6) is 0.0432. The molecule has 5 nitrogen and oxygen atoms in total. The summed E-state index contributed by atoms with van der Waals surface area (Å²) in [6, 6.07) is 7.67. The van der Waals surface area contributed by atoms with E-state index in [4.69, 9.17) is 10.5 Å². The van der Waals surface area contributed by atoms with Crippen LogP contribution in [0, 0.1) is 5.92 Å². The molecular weight excluding hydrogens is 268 g/mol. The molecule has 2 atom stereocenters. The van der Waals surface area contributed by atoms with Crippen LogP contribution in [0.4, 0.5) is 0 Å². The van der Waals surface area contributed by atoms with E-state index < -0.39 is 5.91 Å². The molecule has 1 fully saturated rings. The highest BCUT2D eigenvalue weighted by Crippen LogP contribution is 2.29. The second-order valence-electron chi connectivity index (χ2n) is 5.44. The summed E-state index contributed by atoms with van der Waals surface area (Å²) < 4.78 is 5.54. The standard InChI is InChI=1S/C16H22N2O3/c1-3-8-21-14-6-4-12(5-7-14)11(2)18-10-13(16(17)20)9-15(18)19/h4-7,11,13H,3,8-10H2,1-2H3,(H2,17,20). The Morgan fingerprint density at radius 2 is 2.10 bits per heavy atom. The van der Waals surface area contributed by atoms with Crippen molar-refractivity contribution in [3.63, 3.8) is 0 Å². The molecule has 0 aliphatic carbocycles. The van der Waals surface area contributed by atoms with Crippen molar-refractivity contribution >= 4 is 11.8 Å². The quantitative estimate of drug-likeness (QED) is 0.869. The number of amides is 2. The number of hydrogen-bond donors (Lipinski definition) is 1. The molecule has 1 heterocycles. The summed E-state index contributed by atoms with van der Waals surface area (Å²) in [5, 5.41) is 0. The average molecular weight is 290 g/mol. The highest BCUT2D eigenvalue weighted by molar-refractivity contribution is 5.88. The van der Waals surface area contributed by atoms with Crippen molar-refractivity contribution in [2.24, 2.45) is 11.7 Å². The van der Waals surface area contributed by atoms with Crippen molar-refractivity contribution in [3.05, 3.63) is 29.8 Å². The highest BCUT2D eigenvalue weighted by Gasteiger charge is 2.35. The van der Waals surface area contributed by atoms with Gasteiger partial charge in [0.1, 0.15) is 5.75 Å². The fraction of sp³-hybridized carbons (Fsp3) is 0.500. The Morgan fingerprint density at radius 1 is 1.43 bits per heavy atom. The molecule has 0 radical (unpaired) electrons.